The summed E-state index contributed by atoms with van der Waals surface area (Å²) >= 11 is 0. The fourth-order valence-corrected chi connectivity index (χ4v) is 5.21. The predicted octanol–water partition coefficient (Wildman–Crippen LogP) is 3.54. The van der Waals surface area contributed by atoms with Gasteiger partial charge in [0.25, 0.3) is 5.91 Å². The molecule has 1 amide bonds. The Bertz CT molecular complexity index is 1270. The maximum atomic E-state index is 13.2. The summed E-state index contributed by atoms with van der Waals surface area (Å²) in [7, 11) is -3.77. The van der Waals surface area contributed by atoms with Gasteiger partial charge in [-0.1, -0.05) is 6.07 Å². The number of carbonyl (C=O) groups excluding carboxylic acids is 1. The molecule has 0 unspecified atom stereocenters. The first kappa shape index (κ1) is 23.9. The molecular formula is C24H28FN5O3S. The lowest BCUT2D eigenvalue weighted by Gasteiger charge is -2.35. The number of anilines is 2. The first-order valence-corrected chi connectivity index (χ1v) is 12.5. The van der Waals surface area contributed by atoms with Gasteiger partial charge in [0, 0.05) is 43.6 Å². The van der Waals surface area contributed by atoms with Crippen molar-refractivity contribution in [3.8, 4) is 0 Å². The van der Waals surface area contributed by atoms with Crippen LogP contribution in [0, 0.1) is 5.82 Å². The molecule has 1 aliphatic rings. The van der Waals surface area contributed by atoms with Crippen LogP contribution >= 0.6 is 0 Å². The predicted molar refractivity (Wildman–Crippen MR) is 129 cm³/mol. The molecule has 1 saturated heterocycles. The number of hydrogen-bond donors (Lipinski definition) is 1. The molecule has 0 aliphatic carbocycles. The highest BCUT2D eigenvalue weighted by Crippen LogP contribution is 2.23. The largest absolute Gasteiger partial charge is 0.369 e. The van der Waals surface area contributed by atoms with Crippen LogP contribution in [0.4, 0.5) is 15.8 Å². The highest BCUT2D eigenvalue weighted by molar-refractivity contribution is 7.89. The molecule has 2 aromatic carbocycles. The van der Waals surface area contributed by atoms with Crippen molar-refractivity contribution in [2.24, 2.45) is 0 Å². The zero-order valence-corrected chi connectivity index (χ0v) is 20.2. The Morgan fingerprint density at radius 1 is 1.03 bits per heavy atom. The van der Waals surface area contributed by atoms with Gasteiger partial charge in [-0.25, -0.2) is 12.8 Å². The Morgan fingerprint density at radius 2 is 1.71 bits per heavy atom. The van der Waals surface area contributed by atoms with Gasteiger partial charge in [-0.2, -0.15) is 9.40 Å². The number of aromatic nitrogens is 2. The number of carbonyl (C=O) groups is 1. The number of amides is 1. The molecule has 3 aromatic rings. The molecule has 1 N–H and O–H groups in total. The quantitative estimate of drug-likeness (QED) is 0.597. The van der Waals surface area contributed by atoms with Gasteiger partial charge in [0.2, 0.25) is 10.0 Å². The van der Waals surface area contributed by atoms with E-state index in [1.165, 1.54) is 28.6 Å². The van der Waals surface area contributed by atoms with E-state index >= 15 is 0 Å². The summed E-state index contributed by atoms with van der Waals surface area (Å²) < 4.78 is 42.8. The Kier molecular flexibility index (Phi) is 6.46. The van der Waals surface area contributed by atoms with Crippen molar-refractivity contribution in [2.75, 3.05) is 36.4 Å². The lowest BCUT2D eigenvalue weighted by atomic mass is 10.1. The Hall–Kier alpha value is -3.24. The standard InChI is InChI=1S/C24H28FN5O3S/c1-24(2,3)30-17-20(16-26-30)27-23(31)18-5-4-6-22(15-18)34(32,33)29-13-11-28(12-14-29)21-9-7-19(25)8-10-21/h4-10,15-17H,11-14H2,1-3H3,(H,27,31). The molecule has 1 aromatic heterocycles. The fraction of sp³-hybridized carbons (Fsp3) is 0.333. The summed E-state index contributed by atoms with van der Waals surface area (Å²) in [5, 5.41) is 7.03. The van der Waals surface area contributed by atoms with Crippen molar-refractivity contribution < 1.29 is 17.6 Å². The minimum atomic E-state index is -3.77. The van der Waals surface area contributed by atoms with Gasteiger partial charge in [-0.05, 0) is 63.2 Å². The topological polar surface area (TPSA) is 87.5 Å². The summed E-state index contributed by atoms with van der Waals surface area (Å²) in [6.45, 7) is 7.56. The summed E-state index contributed by atoms with van der Waals surface area (Å²) in [5.41, 5.74) is 1.41. The van der Waals surface area contributed by atoms with Crippen LogP contribution in [0.5, 0.6) is 0 Å². The highest BCUT2D eigenvalue weighted by Gasteiger charge is 2.29. The SMILES string of the molecule is CC(C)(C)n1cc(NC(=O)c2cccc(S(=O)(=O)N3CCN(c4ccc(F)cc4)CC3)c2)cn1. The number of hydrogen-bond acceptors (Lipinski definition) is 5. The molecule has 0 bridgehead atoms. The molecule has 8 nitrogen and oxygen atoms in total. The van der Waals surface area contributed by atoms with Gasteiger partial charge < -0.3 is 10.2 Å². The number of sulfonamides is 1. The van der Waals surface area contributed by atoms with Gasteiger partial charge in [0.05, 0.1) is 22.3 Å². The maximum absolute atomic E-state index is 13.2. The summed E-state index contributed by atoms with van der Waals surface area (Å²) in [6, 6.07) is 12.2. The Morgan fingerprint density at radius 3 is 2.32 bits per heavy atom. The molecule has 0 saturated carbocycles. The van der Waals surface area contributed by atoms with E-state index < -0.39 is 15.9 Å². The molecule has 1 aliphatic heterocycles. The zero-order chi connectivity index (χ0) is 24.5. The minimum Gasteiger partial charge on any atom is -0.369 e. The van der Waals surface area contributed by atoms with Crippen LogP contribution in [0.15, 0.2) is 65.8 Å². The van der Waals surface area contributed by atoms with Gasteiger partial charge in [-0.15, -0.1) is 0 Å². The van der Waals surface area contributed by atoms with Crippen molar-refractivity contribution in [1.29, 1.82) is 0 Å². The molecule has 34 heavy (non-hydrogen) atoms. The van der Waals surface area contributed by atoms with E-state index in [0.29, 0.717) is 31.9 Å². The van der Waals surface area contributed by atoms with Crippen LogP contribution in [0.2, 0.25) is 0 Å². The van der Waals surface area contributed by atoms with Gasteiger partial charge in [0.15, 0.2) is 0 Å². The number of nitrogens with one attached hydrogen (secondary N) is 1. The van der Waals surface area contributed by atoms with Gasteiger partial charge in [0.1, 0.15) is 5.82 Å². The number of halogens is 1. The second-order valence-electron chi connectivity index (χ2n) is 9.19. The maximum Gasteiger partial charge on any atom is 0.255 e. The van der Waals surface area contributed by atoms with Crippen molar-refractivity contribution in [3.63, 3.8) is 0 Å². The monoisotopic (exact) mass is 485 g/mol. The van der Waals surface area contributed by atoms with E-state index in [0.717, 1.165) is 5.69 Å². The number of benzene rings is 2. The third kappa shape index (κ3) is 5.13. The van der Waals surface area contributed by atoms with Crippen LogP contribution < -0.4 is 10.2 Å². The van der Waals surface area contributed by atoms with E-state index in [1.807, 2.05) is 25.7 Å². The number of nitrogens with zero attached hydrogens (tertiary/aromatic N) is 4. The number of piperazine rings is 1. The lowest BCUT2D eigenvalue weighted by molar-refractivity contribution is 0.102. The molecule has 1 fully saturated rings. The minimum absolute atomic E-state index is 0.0702. The van der Waals surface area contributed by atoms with Crippen molar-refractivity contribution in [2.45, 2.75) is 31.2 Å². The molecule has 180 valence electrons. The molecule has 0 radical (unpaired) electrons. The lowest BCUT2D eigenvalue weighted by Crippen LogP contribution is -2.48. The van der Waals surface area contributed by atoms with Crippen molar-refractivity contribution in [3.05, 3.63) is 72.3 Å². The second kappa shape index (κ2) is 9.19. The summed E-state index contributed by atoms with van der Waals surface area (Å²) in [6.07, 6.45) is 3.30. The number of rotatable bonds is 5. The average Bonchev–Trinajstić information content (AvgIpc) is 3.29. The smallest absolute Gasteiger partial charge is 0.255 e. The van der Waals surface area contributed by atoms with Crippen LogP contribution in [-0.2, 0) is 15.6 Å². The molecule has 10 heteroatoms. The third-order valence-electron chi connectivity index (χ3n) is 5.69. The third-order valence-corrected chi connectivity index (χ3v) is 7.59. The first-order chi connectivity index (χ1) is 16.0. The molecule has 0 spiro atoms. The Labute approximate surface area is 199 Å². The van der Waals surface area contributed by atoms with Crippen LogP contribution in [0.3, 0.4) is 0 Å². The Balaban J connectivity index is 1.44. The second-order valence-corrected chi connectivity index (χ2v) is 11.1. The van der Waals surface area contributed by atoms with E-state index in [2.05, 4.69) is 10.4 Å². The average molecular weight is 486 g/mol. The van der Waals surface area contributed by atoms with Crippen molar-refractivity contribution >= 4 is 27.3 Å². The highest BCUT2D eigenvalue weighted by atomic mass is 32.2. The van der Waals surface area contributed by atoms with E-state index in [4.69, 9.17) is 0 Å². The van der Waals surface area contributed by atoms with E-state index in [-0.39, 0.29) is 21.8 Å². The summed E-state index contributed by atoms with van der Waals surface area (Å²) in [4.78, 5) is 14.9. The van der Waals surface area contributed by atoms with Crippen LogP contribution in [0.25, 0.3) is 0 Å². The van der Waals surface area contributed by atoms with Crippen LogP contribution in [-0.4, -0.2) is 54.6 Å². The fourth-order valence-electron chi connectivity index (χ4n) is 3.74. The van der Waals surface area contributed by atoms with Gasteiger partial charge >= 0.3 is 0 Å². The normalized spacial score (nSPS) is 15.4. The van der Waals surface area contributed by atoms with E-state index in [1.54, 1.807) is 41.3 Å². The first-order valence-electron chi connectivity index (χ1n) is 11.0. The molecular weight excluding hydrogens is 457 g/mol. The zero-order valence-electron chi connectivity index (χ0n) is 19.4. The van der Waals surface area contributed by atoms with Crippen molar-refractivity contribution in [1.82, 2.24) is 14.1 Å². The summed E-state index contributed by atoms with van der Waals surface area (Å²) in [5.74, 6) is -0.719. The molecule has 0 atom stereocenters. The van der Waals surface area contributed by atoms with E-state index in [9.17, 15) is 17.6 Å². The molecule has 4 rings (SSSR count). The molecule has 2 heterocycles. The van der Waals surface area contributed by atoms with Gasteiger partial charge in [-0.3, -0.25) is 9.48 Å². The van der Waals surface area contributed by atoms with Crippen LogP contribution in [0.1, 0.15) is 31.1 Å².